The Bertz CT molecular complexity index is 3920. The third-order valence-corrected chi connectivity index (χ3v) is 12.7. The zero-order valence-corrected chi connectivity index (χ0v) is 35.2. The molecule has 0 aliphatic rings. The van der Waals surface area contributed by atoms with Gasteiger partial charge in [-0.3, -0.25) is 0 Å². The van der Waals surface area contributed by atoms with Crippen molar-refractivity contribution in [3.8, 4) is 51.2 Å². The lowest BCUT2D eigenvalue weighted by molar-refractivity contribution is 0.483. The molecule has 0 atom stereocenters. The van der Waals surface area contributed by atoms with Crippen LogP contribution in [0.15, 0.2) is 237 Å². The van der Waals surface area contributed by atoms with Crippen LogP contribution in [0.25, 0.3) is 93.6 Å². The van der Waals surface area contributed by atoms with Crippen LogP contribution in [0.2, 0.25) is 0 Å². The number of ether oxygens (including phenoxy) is 2. The lowest BCUT2D eigenvalue weighted by atomic mass is 10.0. The van der Waals surface area contributed by atoms with Gasteiger partial charge in [-0.1, -0.05) is 109 Å². The summed E-state index contributed by atoms with van der Waals surface area (Å²) in [6, 6.07) is 83.4. The third-order valence-electron chi connectivity index (χ3n) is 12.7. The van der Waals surface area contributed by atoms with E-state index in [0.717, 1.165) is 100 Å². The molecule has 0 N–H and O–H groups in total. The van der Waals surface area contributed by atoms with Gasteiger partial charge in [-0.2, -0.15) is 0 Å². The Morgan fingerprint density at radius 2 is 0.600 bits per heavy atom. The highest BCUT2D eigenvalue weighted by atomic mass is 16.5. The summed E-state index contributed by atoms with van der Waals surface area (Å²) in [7, 11) is 0. The van der Waals surface area contributed by atoms with E-state index in [1.54, 1.807) is 0 Å². The second kappa shape index (κ2) is 14.9. The fourth-order valence-corrected chi connectivity index (χ4v) is 9.83. The topological polar surface area (TPSA) is 33.2 Å². The zero-order chi connectivity index (χ0) is 42.8. The molecule has 0 aliphatic heterocycles. The average molecular weight is 834 g/mol. The molecule has 13 rings (SSSR count). The Labute approximate surface area is 374 Å². The number of hydrogen-bond donors (Lipinski definition) is 0. The van der Waals surface area contributed by atoms with Gasteiger partial charge in [-0.15, -0.1) is 0 Å². The smallest absolute Gasteiger partial charge is 0.128 e. The van der Waals surface area contributed by atoms with E-state index in [-0.39, 0.29) is 0 Å². The number of hydrogen-bond acceptors (Lipinski definition) is 2. The molecule has 0 aliphatic carbocycles. The van der Waals surface area contributed by atoms with Crippen LogP contribution in [0.1, 0.15) is 0 Å². The van der Waals surface area contributed by atoms with Crippen LogP contribution in [0.3, 0.4) is 0 Å². The lowest BCUT2D eigenvalue weighted by Crippen LogP contribution is -1.97. The van der Waals surface area contributed by atoms with E-state index >= 15 is 0 Å². The van der Waals surface area contributed by atoms with Gasteiger partial charge in [0, 0.05) is 49.4 Å². The average Bonchev–Trinajstić information content (AvgIpc) is 3.99. The van der Waals surface area contributed by atoms with Gasteiger partial charge in [-0.25, -0.2) is 0 Å². The fraction of sp³-hybridized carbons (Fsp3) is 0. The van der Waals surface area contributed by atoms with Crippen LogP contribution >= 0.6 is 0 Å². The summed E-state index contributed by atoms with van der Waals surface area (Å²) in [6.07, 6.45) is 0. The normalized spacial score (nSPS) is 11.7. The highest BCUT2D eigenvalue weighted by Crippen LogP contribution is 2.42. The Morgan fingerprint density at radius 3 is 1.12 bits per heavy atom. The van der Waals surface area contributed by atoms with Gasteiger partial charge in [0.15, 0.2) is 0 Å². The van der Waals surface area contributed by atoms with Gasteiger partial charge < -0.3 is 23.2 Å². The van der Waals surface area contributed by atoms with Crippen LogP contribution < -0.4 is 9.47 Å². The molecule has 0 amide bonds. The minimum absolute atomic E-state index is 0.788. The van der Waals surface area contributed by atoms with Crippen LogP contribution in [0, 0.1) is 0 Å². The first kappa shape index (κ1) is 36.8. The predicted octanol–water partition coefficient (Wildman–Crippen LogP) is 16.2. The monoisotopic (exact) mass is 833 g/mol. The molecule has 0 saturated heterocycles. The number of rotatable bonds is 8. The van der Waals surface area contributed by atoms with Crippen molar-refractivity contribution in [2.24, 2.45) is 0 Å². The highest BCUT2D eigenvalue weighted by molar-refractivity contribution is 6.14. The molecule has 13 aromatic rings. The molecule has 5 nitrogen and oxygen atoms in total. The molecule has 0 spiro atoms. The molecule has 3 heterocycles. The molecule has 3 aromatic heterocycles. The quantitative estimate of drug-likeness (QED) is 0.153. The van der Waals surface area contributed by atoms with E-state index in [1.165, 1.54) is 16.3 Å². The van der Waals surface area contributed by atoms with Crippen molar-refractivity contribution in [2.75, 3.05) is 0 Å². The van der Waals surface area contributed by atoms with E-state index in [9.17, 15) is 0 Å². The van der Waals surface area contributed by atoms with Crippen molar-refractivity contribution in [1.29, 1.82) is 0 Å². The molecule has 10 aromatic carbocycles. The van der Waals surface area contributed by atoms with E-state index in [0.29, 0.717) is 0 Å². The molecule has 306 valence electrons. The second-order valence-electron chi connectivity index (χ2n) is 16.5. The fourth-order valence-electron chi connectivity index (χ4n) is 9.83. The Hall–Kier alpha value is -8.80. The Kier molecular flexibility index (Phi) is 8.46. The first-order valence-electron chi connectivity index (χ1n) is 22.0. The Balaban J connectivity index is 1.01. The predicted molar refractivity (Wildman–Crippen MR) is 268 cm³/mol. The van der Waals surface area contributed by atoms with Crippen molar-refractivity contribution in [3.63, 3.8) is 0 Å². The van der Waals surface area contributed by atoms with Gasteiger partial charge in [0.25, 0.3) is 0 Å². The molecular weight excluding hydrogens is 795 g/mol. The van der Waals surface area contributed by atoms with Crippen molar-refractivity contribution < 1.29 is 9.47 Å². The first-order chi connectivity index (χ1) is 32.2. The highest BCUT2D eigenvalue weighted by Gasteiger charge is 2.20. The van der Waals surface area contributed by atoms with Gasteiger partial charge in [-0.05, 0) is 139 Å². The maximum absolute atomic E-state index is 6.47. The van der Waals surface area contributed by atoms with E-state index in [4.69, 9.17) is 9.47 Å². The summed E-state index contributed by atoms with van der Waals surface area (Å²) < 4.78 is 20.0. The number of aromatic nitrogens is 3. The lowest BCUT2D eigenvalue weighted by Gasteiger charge is -2.12. The largest absolute Gasteiger partial charge is 0.457 e. The maximum Gasteiger partial charge on any atom is 0.128 e. The molecule has 0 bridgehead atoms. The Morgan fingerprint density at radius 1 is 0.215 bits per heavy atom. The summed E-state index contributed by atoms with van der Waals surface area (Å²) in [6.45, 7) is 0. The SMILES string of the molecule is c1ccc(Oc2ccc3c(c2)c2cc(-c4ccc5c(c4)c4cc(Oc6ccccc6)ccc4n5-c4ccc5c6ccccc6n(-c6ccccc6)c5c4)ccc2n3-c2ccccc2)cc1. The number of para-hydroxylation sites is 5. The van der Waals surface area contributed by atoms with E-state index < -0.39 is 0 Å². The second-order valence-corrected chi connectivity index (χ2v) is 16.5. The van der Waals surface area contributed by atoms with Gasteiger partial charge in [0.05, 0.1) is 33.1 Å². The summed E-state index contributed by atoms with van der Waals surface area (Å²) in [4.78, 5) is 0. The van der Waals surface area contributed by atoms with Crippen LogP contribution in [0.5, 0.6) is 23.0 Å². The maximum atomic E-state index is 6.47. The summed E-state index contributed by atoms with van der Waals surface area (Å²) in [5, 5.41) is 6.99. The van der Waals surface area contributed by atoms with Crippen LogP contribution in [-0.4, -0.2) is 13.7 Å². The van der Waals surface area contributed by atoms with E-state index in [2.05, 4.69) is 190 Å². The molecule has 0 radical (unpaired) electrons. The van der Waals surface area contributed by atoms with Crippen LogP contribution in [-0.2, 0) is 0 Å². The zero-order valence-electron chi connectivity index (χ0n) is 35.2. The standard InChI is InChI=1S/C60H39N3O2/c1-5-15-42(16-6-1)61-56-31-25-40(35-51(56)53-38-47(28-33-58(53)61)64-45-19-9-3-10-20-45)41-26-32-57-52(36-41)54-39-48(65-46-21-11-4-12-22-46)29-34-59(54)63(57)44-27-30-50-49-23-13-14-24-55(49)62(60(50)37-44)43-17-7-2-8-18-43/h1-39H. The third kappa shape index (κ3) is 6.16. The van der Waals surface area contributed by atoms with Crippen molar-refractivity contribution >= 4 is 65.4 Å². The summed E-state index contributed by atoms with van der Waals surface area (Å²) >= 11 is 0. The molecule has 65 heavy (non-hydrogen) atoms. The molecular formula is C60H39N3O2. The van der Waals surface area contributed by atoms with Crippen LogP contribution in [0.4, 0.5) is 0 Å². The minimum atomic E-state index is 0.788. The van der Waals surface area contributed by atoms with Gasteiger partial charge in [0.1, 0.15) is 23.0 Å². The minimum Gasteiger partial charge on any atom is -0.457 e. The van der Waals surface area contributed by atoms with Gasteiger partial charge in [0.2, 0.25) is 0 Å². The molecule has 0 unspecified atom stereocenters. The van der Waals surface area contributed by atoms with Crippen molar-refractivity contribution in [2.45, 2.75) is 0 Å². The van der Waals surface area contributed by atoms with Gasteiger partial charge >= 0.3 is 0 Å². The summed E-state index contributed by atoms with van der Waals surface area (Å²) in [5.74, 6) is 3.20. The number of fused-ring (bicyclic) bond motifs is 9. The van der Waals surface area contributed by atoms with Crippen molar-refractivity contribution in [1.82, 2.24) is 13.7 Å². The molecule has 0 saturated carbocycles. The number of nitrogens with zero attached hydrogens (tertiary/aromatic N) is 3. The molecule has 0 fully saturated rings. The first-order valence-corrected chi connectivity index (χ1v) is 22.0. The molecule has 5 heteroatoms. The summed E-state index contributed by atoms with van der Waals surface area (Å²) in [5.41, 5.74) is 12.4. The number of benzene rings is 10. The van der Waals surface area contributed by atoms with Crippen molar-refractivity contribution in [3.05, 3.63) is 237 Å². The van der Waals surface area contributed by atoms with E-state index in [1.807, 2.05) is 60.7 Å².